The predicted octanol–water partition coefficient (Wildman–Crippen LogP) is 2.15. The molecule has 1 aromatic heterocycles. The first-order valence-electron chi connectivity index (χ1n) is 7.68. The van der Waals surface area contributed by atoms with Crippen molar-refractivity contribution in [3.05, 3.63) is 17.3 Å². The molecule has 2 saturated heterocycles. The van der Waals surface area contributed by atoms with Crippen LogP contribution in [0.2, 0.25) is 5.15 Å². The number of rotatable bonds is 4. The number of hydrogen-bond donors (Lipinski definition) is 0. The van der Waals surface area contributed by atoms with Crippen LogP contribution < -0.4 is 4.90 Å². The van der Waals surface area contributed by atoms with Gasteiger partial charge in [0.05, 0.1) is 6.19 Å². The molecule has 0 aromatic carbocycles. The molecular weight excluding hydrogens is 298 g/mol. The van der Waals surface area contributed by atoms with Crippen molar-refractivity contribution in [3.8, 4) is 0 Å². The van der Waals surface area contributed by atoms with Crippen LogP contribution in [-0.4, -0.2) is 52.8 Å². The minimum absolute atomic E-state index is 0.0344. The lowest BCUT2D eigenvalue weighted by Crippen LogP contribution is -2.62. The Morgan fingerprint density at radius 1 is 1.32 bits per heavy atom. The predicted molar refractivity (Wildman–Crippen MR) is 88.9 cm³/mol. The molecule has 22 heavy (non-hydrogen) atoms. The fourth-order valence-electron chi connectivity index (χ4n) is 4.30. The number of halogens is 1. The van der Waals surface area contributed by atoms with E-state index in [-0.39, 0.29) is 11.1 Å². The maximum atomic E-state index is 11.0. The molecule has 0 amide bonds. The molecule has 3 atom stereocenters. The van der Waals surface area contributed by atoms with E-state index >= 15 is 0 Å². The normalized spacial score (nSPS) is 34.5. The van der Waals surface area contributed by atoms with Crippen molar-refractivity contribution in [2.75, 3.05) is 11.9 Å². The highest BCUT2D eigenvalue weighted by Gasteiger charge is 2.55. The van der Waals surface area contributed by atoms with Gasteiger partial charge in [0.25, 0.3) is 7.41 Å². The maximum Gasteiger partial charge on any atom is 0.294 e. The molecule has 3 heterocycles. The van der Waals surface area contributed by atoms with E-state index in [0.717, 1.165) is 37.7 Å². The Kier molecular flexibility index (Phi) is 3.93. The number of carbonyl (C=O) groups is 1. The molecule has 7 heteroatoms. The van der Waals surface area contributed by atoms with Crippen LogP contribution in [0.25, 0.3) is 0 Å². The van der Waals surface area contributed by atoms with Gasteiger partial charge in [-0.2, -0.15) is 0 Å². The molecule has 3 rings (SSSR count). The van der Waals surface area contributed by atoms with Crippen LogP contribution in [0.1, 0.15) is 39.5 Å². The highest BCUT2D eigenvalue weighted by molar-refractivity contribution is 6.64. The molecule has 1 radical (unpaired) electrons. The largest absolute Gasteiger partial charge is 0.355 e. The monoisotopic (exact) mass is 319 g/mol. The first-order valence-corrected chi connectivity index (χ1v) is 8.06. The third-order valence-electron chi connectivity index (χ3n) is 5.45. The van der Waals surface area contributed by atoms with Crippen LogP contribution in [0.5, 0.6) is 0 Å². The van der Waals surface area contributed by atoms with Crippen LogP contribution in [-0.2, 0) is 4.79 Å². The van der Waals surface area contributed by atoms with Gasteiger partial charge in [-0.15, -0.1) is 10.2 Å². The molecular formula is C15H21BClN4O. The summed E-state index contributed by atoms with van der Waals surface area (Å²) in [5.41, 5.74) is 0.0688. The fourth-order valence-corrected chi connectivity index (χ4v) is 4.40. The number of anilines is 1. The van der Waals surface area contributed by atoms with Gasteiger partial charge in [-0.1, -0.05) is 11.6 Å². The van der Waals surface area contributed by atoms with Crippen molar-refractivity contribution in [2.24, 2.45) is 0 Å². The Balaban J connectivity index is 1.83. The number of hydrogen-bond acceptors (Lipinski definition) is 5. The van der Waals surface area contributed by atoms with Crippen LogP contribution in [0, 0.1) is 0 Å². The smallest absolute Gasteiger partial charge is 0.294 e. The van der Waals surface area contributed by atoms with Crippen LogP contribution >= 0.6 is 11.6 Å². The first kappa shape index (κ1) is 15.7. The Hall–Kier alpha value is -1.14. The van der Waals surface area contributed by atoms with E-state index in [0.29, 0.717) is 11.2 Å². The first-order chi connectivity index (χ1) is 10.4. The highest BCUT2D eigenvalue weighted by Crippen LogP contribution is 2.50. The van der Waals surface area contributed by atoms with Gasteiger partial charge in [0.15, 0.2) is 11.0 Å². The summed E-state index contributed by atoms with van der Waals surface area (Å²) in [6.07, 6.45) is 5.16. The molecule has 1 unspecified atom stereocenters. The van der Waals surface area contributed by atoms with E-state index in [9.17, 15) is 4.79 Å². The summed E-state index contributed by atoms with van der Waals surface area (Å²) < 4.78 is 0. The molecule has 0 N–H and O–H groups in total. The minimum Gasteiger partial charge on any atom is -0.355 e. The fraction of sp³-hybridized carbons (Fsp3) is 0.667. The highest BCUT2D eigenvalue weighted by atomic mass is 35.5. The second-order valence-electron chi connectivity index (χ2n) is 7.04. The standard InChI is InChI=1S/C15H21BClN4O/c1-14-6-7-15(2,21(14)16-10-22)9-11(8-14)20(3)13-5-4-12(17)18-19-13/h4-5,10-11H,6-9H2,1-3H3/t11?,14-,15+. The van der Waals surface area contributed by atoms with Crippen molar-refractivity contribution in [2.45, 2.75) is 56.7 Å². The topological polar surface area (TPSA) is 49.3 Å². The summed E-state index contributed by atoms with van der Waals surface area (Å²) in [4.78, 5) is 15.5. The Morgan fingerprint density at radius 3 is 2.45 bits per heavy atom. The van der Waals surface area contributed by atoms with Crippen molar-refractivity contribution in [1.29, 1.82) is 0 Å². The molecule has 5 nitrogen and oxygen atoms in total. The van der Waals surface area contributed by atoms with E-state index < -0.39 is 0 Å². The molecule has 0 saturated carbocycles. The lowest BCUT2D eigenvalue weighted by molar-refractivity contribution is 0.0851. The van der Waals surface area contributed by atoms with E-state index in [1.807, 2.05) is 6.07 Å². The molecule has 0 spiro atoms. The van der Waals surface area contributed by atoms with Crippen LogP contribution in [0.4, 0.5) is 5.82 Å². The average molecular weight is 320 g/mol. The number of piperidine rings is 1. The zero-order valence-electron chi connectivity index (χ0n) is 13.3. The molecule has 1 aromatic rings. The van der Waals surface area contributed by atoms with Gasteiger partial charge in [0.2, 0.25) is 0 Å². The van der Waals surface area contributed by atoms with Gasteiger partial charge in [0.1, 0.15) is 0 Å². The van der Waals surface area contributed by atoms with Crippen molar-refractivity contribution < 1.29 is 4.79 Å². The van der Waals surface area contributed by atoms with E-state index in [1.165, 1.54) is 0 Å². The number of carbonyl (C=O) groups excluding carboxylic acids is 1. The molecule has 2 bridgehead atoms. The lowest BCUT2D eigenvalue weighted by Gasteiger charge is -2.52. The van der Waals surface area contributed by atoms with E-state index in [4.69, 9.17) is 11.6 Å². The zero-order chi connectivity index (χ0) is 16.0. The lowest BCUT2D eigenvalue weighted by atomic mass is 9.73. The number of fused-ring (bicyclic) bond motifs is 2. The van der Waals surface area contributed by atoms with Gasteiger partial charge in [0, 0.05) is 24.2 Å². The Labute approximate surface area is 137 Å². The second kappa shape index (κ2) is 5.50. The summed E-state index contributed by atoms with van der Waals surface area (Å²) in [5.74, 6) is 0.841. The summed E-state index contributed by atoms with van der Waals surface area (Å²) in [7, 11) is 3.79. The third kappa shape index (κ3) is 2.52. The number of aromatic nitrogens is 2. The summed E-state index contributed by atoms with van der Waals surface area (Å²) in [6, 6.07) is 4.06. The minimum atomic E-state index is 0.0344. The summed E-state index contributed by atoms with van der Waals surface area (Å²) in [6.45, 7) is 4.51. The zero-order valence-corrected chi connectivity index (χ0v) is 14.0. The molecule has 0 aliphatic carbocycles. The van der Waals surface area contributed by atoms with E-state index in [2.05, 4.69) is 40.8 Å². The quantitative estimate of drug-likeness (QED) is 0.629. The average Bonchev–Trinajstić information content (AvgIpc) is 2.64. The second-order valence-corrected chi connectivity index (χ2v) is 7.42. The van der Waals surface area contributed by atoms with Crippen molar-refractivity contribution >= 4 is 31.0 Å². The van der Waals surface area contributed by atoms with Crippen LogP contribution in [0.15, 0.2) is 12.1 Å². The van der Waals surface area contributed by atoms with Gasteiger partial charge < -0.3 is 14.5 Å². The SMILES string of the molecule is CN(c1ccc(Cl)nn1)C1C[C@]2(C)CC[C@](C)(C1)N2[B]C=O. The molecule has 2 aliphatic heterocycles. The maximum absolute atomic E-state index is 11.0. The van der Waals surface area contributed by atoms with Crippen LogP contribution in [0.3, 0.4) is 0 Å². The number of nitrogens with zero attached hydrogens (tertiary/aromatic N) is 4. The van der Waals surface area contributed by atoms with Gasteiger partial charge in [-0.05, 0) is 51.7 Å². The Morgan fingerprint density at radius 2 is 1.95 bits per heavy atom. The van der Waals surface area contributed by atoms with E-state index in [1.54, 1.807) is 13.5 Å². The molecule has 117 valence electrons. The van der Waals surface area contributed by atoms with Gasteiger partial charge in [-0.25, -0.2) is 0 Å². The van der Waals surface area contributed by atoms with Gasteiger partial charge >= 0.3 is 0 Å². The van der Waals surface area contributed by atoms with Crippen molar-refractivity contribution in [3.63, 3.8) is 0 Å². The Bertz CT molecular complexity index is 551. The molecule has 2 aliphatic rings. The molecule has 2 fully saturated rings. The van der Waals surface area contributed by atoms with Crippen molar-refractivity contribution in [1.82, 2.24) is 15.0 Å². The van der Waals surface area contributed by atoms with Gasteiger partial charge in [-0.3, -0.25) is 0 Å². The summed E-state index contributed by atoms with van der Waals surface area (Å²) in [5, 5.41) is 8.54. The summed E-state index contributed by atoms with van der Waals surface area (Å²) >= 11 is 5.82. The third-order valence-corrected chi connectivity index (χ3v) is 5.65.